The van der Waals surface area contributed by atoms with E-state index in [9.17, 15) is 18.0 Å². The second-order valence-corrected chi connectivity index (χ2v) is 5.20. The molecule has 26 heavy (non-hydrogen) atoms. The fourth-order valence-corrected chi connectivity index (χ4v) is 2.12. The number of anilines is 1. The Labute approximate surface area is 148 Å². The van der Waals surface area contributed by atoms with Crippen molar-refractivity contribution in [1.29, 1.82) is 0 Å². The van der Waals surface area contributed by atoms with Crippen molar-refractivity contribution in [3.8, 4) is 17.2 Å². The molecule has 0 aromatic heterocycles. The highest BCUT2D eigenvalue weighted by Crippen LogP contribution is 2.31. The molecule has 0 bridgehead atoms. The van der Waals surface area contributed by atoms with Crippen LogP contribution in [0.4, 0.5) is 18.9 Å². The van der Waals surface area contributed by atoms with Crippen molar-refractivity contribution in [3.63, 3.8) is 0 Å². The van der Waals surface area contributed by atoms with Crippen molar-refractivity contribution in [1.82, 2.24) is 0 Å². The maximum atomic E-state index is 12.8. The lowest BCUT2D eigenvalue weighted by Gasteiger charge is -2.12. The number of hydrogen-bond acceptors (Lipinski definition) is 4. The molecule has 1 amide bonds. The predicted molar refractivity (Wildman–Crippen MR) is 89.4 cm³/mol. The molecular formula is C18H18F3NO4. The van der Waals surface area contributed by atoms with E-state index in [1.54, 1.807) is 0 Å². The lowest BCUT2D eigenvalue weighted by atomic mass is 10.2. The van der Waals surface area contributed by atoms with Crippen LogP contribution in [0.1, 0.15) is 12.8 Å². The SMILES string of the molecule is COc1ccc(NC(=O)CCCOc2ccc(F)cc2)cc1OC(F)F. The van der Waals surface area contributed by atoms with Gasteiger partial charge in [0, 0.05) is 18.2 Å². The fourth-order valence-electron chi connectivity index (χ4n) is 2.12. The topological polar surface area (TPSA) is 56.8 Å². The highest BCUT2D eigenvalue weighted by atomic mass is 19.3. The molecule has 140 valence electrons. The van der Waals surface area contributed by atoms with Crippen molar-refractivity contribution >= 4 is 11.6 Å². The Kier molecular flexibility index (Phi) is 7.13. The van der Waals surface area contributed by atoms with Gasteiger partial charge in [0.05, 0.1) is 13.7 Å². The number of hydrogen-bond donors (Lipinski definition) is 1. The van der Waals surface area contributed by atoms with Crippen LogP contribution in [0, 0.1) is 5.82 Å². The highest BCUT2D eigenvalue weighted by molar-refractivity contribution is 5.91. The molecule has 8 heteroatoms. The van der Waals surface area contributed by atoms with Crippen molar-refractivity contribution in [2.45, 2.75) is 19.5 Å². The minimum atomic E-state index is -3.00. The summed E-state index contributed by atoms with van der Waals surface area (Å²) >= 11 is 0. The van der Waals surface area contributed by atoms with Crippen molar-refractivity contribution < 1.29 is 32.2 Å². The lowest BCUT2D eigenvalue weighted by molar-refractivity contribution is -0.116. The molecule has 2 aromatic rings. The lowest BCUT2D eigenvalue weighted by Crippen LogP contribution is -2.13. The van der Waals surface area contributed by atoms with Crippen LogP contribution in [0.15, 0.2) is 42.5 Å². The zero-order valence-corrected chi connectivity index (χ0v) is 14.0. The number of alkyl halides is 2. The first-order valence-corrected chi connectivity index (χ1v) is 7.79. The second kappa shape index (κ2) is 9.55. The van der Waals surface area contributed by atoms with Crippen LogP contribution >= 0.6 is 0 Å². The third-order valence-corrected chi connectivity index (χ3v) is 3.29. The van der Waals surface area contributed by atoms with Gasteiger partial charge in [0.1, 0.15) is 11.6 Å². The van der Waals surface area contributed by atoms with Crippen LogP contribution < -0.4 is 19.5 Å². The maximum Gasteiger partial charge on any atom is 0.387 e. The molecule has 0 saturated carbocycles. The number of methoxy groups -OCH3 is 1. The number of halogens is 3. The summed E-state index contributed by atoms with van der Waals surface area (Å²) in [5.74, 6) is -0.182. The van der Waals surface area contributed by atoms with Gasteiger partial charge < -0.3 is 19.5 Å². The molecule has 0 spiro atoms. The zero-order valence-electron chi connectivity index (χ0n) is 14.0. The Bertz CT molecular complexity index is 723. The zero-order chi connectivity index (χ0) is 18.9. The standard InChI is InChI=1S/C18H18F3NO4/c1-24-15-9-6-13(11-16(15)26-18(20)21)22-17(23)3-2-10-25-14-7-4-12(19)5-8-14/h4-9,11,18H,2-3,10H2,1H3,(H,22,23). The van der Waals surface area contributed by atoms with E-state index in [1.165, 1.54) is 49.6 Å². The van der Waals surface area contributed by atoms with Gasteiger partial charge in [-0.05, 0) is 42.8 Å². The van der Waals surface area contributed by atoms with Gasteiger partial charge in [-0.15, -0.1) is 0 Å². The summed E-state index contributed by atoms with van der Waals surface area (Å²) in [5, 5.41) is 2.59. The number of amides is 1. The van der Waals surface area contributed by atoms with Gasteiger partial charge in [-0.25, -0.2) is 4.39 Å². The average Bonchev–Trinajstić information content (AvgIpc) is 2.60. The minimum absolute atomic E-state index is 0.135. The molecule has 0 aliphatic heterocycles. The summed E-state index contributed by atoms with van der Waals surface area (Å²) in [6, 6.07) is 9.76. The molecule has 0 fully saturated rings. The van der Waals surface area contributed by atoms with E-state index in [-0.39, 0.29) is 36.3 Å². The molecule has 0 atom stereocenters. The predicted octanol–water partition coefficient (Wildman–Crippen LogP) is 4.23. The summed E-state index contributed by atoms with van der Waals surface area (Å²) < 4.78 is 52.2. The average molecular weight is 369 g/mol. The Morgan fingerprint density at radius 3 is 2.50 bits per heavy atom. The number of carbonyl (C=O) groups is 1. The van der Waals surface area contributed by atoms with E-state index >= 15 is 0 Å². The van der Waals surface area contributed by atoms with E-state index < -0.39 is 6.61 Å². The normalized spacial score (nSPS) is 10.5. The molecule has 0 heterocycles. The molecule has 2 aromatic carbocycles. The highest BCUT2D eigenvalue weighted by Gasteiger charge is 2.12. The number of carbonyl (C=O) groups excluding carboxylic acids is 1. The molecule has 5 nitrogen and oxygen atoms in total. The molecule has 0 aliphatic carbocycles. The van der Waals surface area contributed by atoms with Crippen molar-refractivity contribution in [2.24, 2.45) is 0 Å². The van der Waals surface area contributed by atoms with E-state index in [0.717, 1.165) is 0 Å². The Morgan fingerprint density at radius 2 is 1.85 bits per heavy atom. The van der Waals surface area contributed by atoms with Crippen LogP contribution in [-0.4, -0.2) is 26.2 Å². The fraction of sp³-hybridized carbons (Fsp3) is 0.278. The van der Waals surface area contributed by atoms with Gasteiger partial charge in [-0.2, -0.15) is 8.78 Å². The molecular weight excluding hydrogens is 351 g/mol. The Hall–Kier alpha value is -2.90. The number of ether oxygens (including phenoxy) is 3. The van der Waals surface area contributed by atoms with Crippen LogP contribution in [-0.2, 0) is 4.79 Å². The molecule has 1 N–H and O–H groups in total. The molecule has 2 rings (SSSR count). The Morgan fingerprint density at radius 1 is 1.12 bits per heavy atom. The third kappa shape index (κ3) is 6.19. The first-order chi connectivity index (χ1) is 12.5. The molecule has 0 aliphatic rings. The van der Waals surface area contributed by atoms with Gasteiger partial charge in [0.15, 0.2) is 11.5 Å². The quantitative estimate of drug-likeness (QED) is 0.672. The van der Waals surface area contributed by atoms with Gasteiger partial charge in [-0.3, -0.25) is 4.79 Å². The first-order valence-electron chi connectivity index (χ1n) is 7.79. The number of benzene rings is 2. The largest absolute Gasteiger partial charge is 0.494 e. The van der Waals surface area contributed by atoms with Gasteiger partial charge in [0.2, 0.25) is 5.91 Å². The molecule has 0 saturated heterocycles. The van der Waals surface area contributed by atoms with E-state index in [2.05, 4.69) is 10.1 Å². The van der Waals surface area contributed by atoms with Crippen LogP contribution in [0.25, 0.3) is 0 Å². The van der Waals surface area contributed by atoms with Crippen LogP contribution in [0.3, 0.4) is 0 Å². The van der Waals surface area contributed by atoms with Crippen LogP contribution in [0.5, 0.6) is 17.2 Å². The minimum Gasteiger partial charge on any atom is -0.494 e. The van der Waals surface area contributed by atoms with Crippen molar-refractivity contribution in [2.75, 3.05) is 19.0 Å². The first kappa shape index (κ1) is 19.4. The van der Waals surface area contributed by atoms with Gasteiger partial charge in [-0.1, -0.05) is 0 Å². The Balaban J connectivity index is 1.80. The number of rotatable bonds is 9. The van der Waals surface area contributed by atoms with Gasteiger partial charge >= 0.3 is 6.61 Å². The summed E-state index contributed by atoms with van der Waals surface area (Å²) in [6.07, 6.45) is 0.595. The van der Waals surface area contributed by atoms with Gasteiger partial charge in [0.25, 0.3) is 0 Å². The van der Waals surface area contributed by atoms with Crippen molar-refractivity contribution in [3.05, 3.63) is 48.3 Å². The van der Waals surface area contributed by atoms with Crippen LogP contribution in [0.2, 0.25) is 0 Å². The third-order valence-electron chi connectivity index (χ3n) is 3.29. The molecule has 0 unspecified atom stereocenters. The number of nitrogens with one attached hydrogen (secondary N) is 1. The summed E-state index contributed by atoms with van der Waals surface area (Å²) in [6.45, 7) is -2.72. The second-order valence-electron chi connectivity index (χ2n) is 5.20. The monoisotopic (exact) mass is 369 g/mol. The molecule has 0 radical (unpaired) electrons. The van der Waals surface area contributed by atoms with E-state index in [0.29, 0.717) is 17.9 Å². The van der Waals surface area contributed by atoms with E-state index in [1.807, 2.05) is 0 Å². The summed E-state index contributed by atoms with van der Waals surface area (Å²) in [4.78, 5) is 11.9. The summed E-state index contributed by atoms with van der Waals surface area (Å²) in [5.41, 5.74) is 0.311. The smallest absolute Gasteiger partial charge is 0.387 e. The summed E-state index contributed by atoms with van der Waals surface area (Å²) in [7, 11) is 1.33. The van der Waals surface area contributed by atoms with E-state index in [4.69, 9.17) is 9.47 Å². The maximum absolute atomic E-state index is 12.8.